The van der Waals surface area contributed by atoms with Gasteiger partial charge in [0.15, 0.2) is 0 Å². The number of hydrogen-bond acceptors (Lipinski definition) is 1. The molecule has 0 heterocycles. The van der Waals surface area contributed by atoms with Crippen LogP contribution in [0.5, 0.6) is 0 Å². The van der Waals surface area contributed by atoms with Crippen LogP contribution in [0.1, 0.15) is 19.8 Å². The van der Waals surface area contributed by atoms with Crippen LogP contribution >= 0.6 is 0 Å². The predicted molar refractivity (Wildman–Crippen MR) is 40.3 cm³/mol. The van der Waals surface area contributed by atoms with E-state index in [1.807, 2.05) is 0 Å². The van der Waals surface area contributed by atoms with Gasteiger partial charge in [-0.15, -0.1) is 0 Å². The topological polar surface area (TPSA) is 20.2 Å². The van der Waals surface area contributed by atoms with Crippen LogP contribution in [0, 0.1) is 0 Å². The maximum Gasteiger partial charge on any atom is 0.0618 e. The van der Waals surface area contributed by atoms with Crippen LogP contribution in [0.15, 0.2) is 24.3 Å². The summed E-state index contributed by atoms with van der Waals surface area (Å²) in [6.07, 6.45) is 5.71. The van der Waals surface area contributed by atoms with Crippen LogP contribution in [0.25, 0.3) is 0 Å². The first-order valence-electron chi connectivity index (χ1n) is 3.27. The van der Waals surface area contributed by atoms with Crippen molar-refractivity contribution in [3.8, 4) is 0 Å². The first-order valence-corrected chi connectivity index (χ1v) is 3.27. The van der Waals surface area contributed by atoms with E-state index in [2.05, 4.69) is 13.5 Å². The van der Waals surface area contributed by atoms with Crippen molar-refractivity contribution in [3.05, 3.63) is 24.3 Å². The molecule has 0 aliphatic heterocycles. The molecule has 52 valence electrons. The van der Waals surface area contributed by atoms with Gasteiger partial charge in [-0.3, -0.25) is 0 Å². The van der Waals surface area contributed by atoms with E-state index in [1.165, 1.54) is 0 Å². The molecule has 0 aliphatic carbocycles. The van der Waals surface area contributed by atoms with Gasteiger partial charge >= 0.3 is 0 Å². The molecule has 0 unspecified atom stereocenters. The summed E-state index contributed by atoms with van der Waals surface area (Å²) in [7, 11) is 0. The highest BCUT2D eigenvalue weighted by Gasteiger charge is 1.85. The Morgan fingerprint density at radius 1 is 1.67 bits per heavy atom. The molecule has 0 aromatic rings. The van der Waals surface area contributed by atoms with Crippen molar-refractivity contribution in [1.82, 2.24) is 0 Å². The zero-order valence-corrected chi connectivity index (χ0v) is 5.93. The van der Waals surface area contributed by atoms with Gasteiger partial charge in [-0.1, -0.05) is 37.6 Å². The molecule has 0 bridgehead atoms. The Morgan fingerprint density at radius 3 is 2.67 bits per heavy atom. The molecule has 1 nitrogen and oxygen atoms in total. The minimum Gasteiger partial charge on any atom is -0.392 e. The van der Waals surface area contributed by atoms with E-state index in [4.69, 9.17) is 5.11 Å². The van der Waals surface area contributed by atoms with Crippen LogP contribution in [0.2, 0.25) is 0 Å². The Bertz CT molecular complexity index is 103. The fourth-order valence-electron chi connectivity index (χ4n) is 0.693. The number of aliphatic hydroxyl groups is 1. The summed E-state index contributed by atoms with van der Waals surface area (Å²) in [5.74, 6) is 0. The molecule has 0 saturated carbocycles. The molecule has 0 aromatic carbocycles. The first kappa shape index (κ1) is 8.44. The van der Waals surface area contributed by atoms with Crippen molar-refractivity contribution in [1.29, 1.82) is 0 Å². The maximum atomic E-state index is 8.47. The molecule has 0 atom stereocenters. The zero-order valence-electron chi connectivity index (χ0n) is 5.93. The molecule has 0 spiro atoms. The molecule has 0 saturated heterocycles. The lowest BCUT2D eigenvalue weighted by molar-refractivity contribution is 0.341. The second-order valence-corrected chi connectivity index (χ2v) is 1.92. The highest BCUT2D eigenvalue weighted by atomic mass is 16.2. The fourth-order valence-corrected chi connectivity index (χ4v) is 0.693. The third-order valence-corrected chi connectivity index (χ3v) is 1.15. The number of aliphatic hydroxyl groups excluding tert-OH is 1. The molecule has 9 heavy (non-hydrogen) atoms. The van der Waals surface area contributed by atoms with E-state index in [1.54, 1.807) is 12.2 Å². The average Bonchev–Trinajstić information content (AvgIpc) is 1.88. The summed E-state index contributed by atoms with van der Waals surface area (Å²) >= 11 is 0. The largest absolute Gasteiger partial charge is 0.392 e. The lowest BCUT2D eigenvalue weighted by Gasteiger charge is -1.95. The predicted octanol–water partition coefficient (Wildman–Crippen LogP) is 1.89. The van der Waals surface area contributed by atoms with Gasteiger partial charge in [-0.2, -0.15) is 0 Å². The van der Waals surface area contributed by atoms with E-state index in [0.29, 0.717) is 0 Å². The number of rotatable bonds is 4. The molecular formula is C8H14O. The normalized spacial score (nSPS) is 11.6. The van der Waals surface area contributed by atoms with Gasteiger partial charge in [0, 0.05) is 0 Å². The summed E-state index contributed by atoms with van der Waals surface area (Å²) < 4.78 is 0. The van der Waals surface area contributed by atoms with Gasteiger partial charge in [0.2, 0.25) is 0 Å². The molecule has 0 aliphatic rings. The van der Waals surface area contributed by atoms with E-state index < -0.39 is 0 Å². The SMILES string of the molecule is C=C/C(=C\CO)CCC. The zero-order chi connectivity index (χ0) is 7.11. The Balaban J connectivity index is 3.66. The number of allylic oxidation sites excluding steroid dienone is 2. The standard InChI is InChI=1S/C8H14O/c1-3-5-8(4-2)6-7-9/h4,6,9H,2-3,5,7H2,1H3/b8-6+. The summed E-state index contributed by atoms with van der Waals surface area (Å²) in [4.78, 5) is 0. The lowest BCUT2D eigenvalue weighted by Crippen LogP contribution is -1.80. The van der Waals surface area contributed by atoms with Crippen molar-refractivity contribution in [2.75, 3.05) is 6.61 Å². The van der Waals surface area contributed by atoms with Crippen molar-refractivity contribution in [2.45, 2.75) is 19.8 Å². The Labute approximate surface area is 56.7 Å². The van der Waals surface area contributed by atoms with Gasteiger partial charge in [0.1, 0.15) is 0 Å². The minimum absolute atomic E-state index is 0.126. The van der Waals surface area contributed by atoms with Gasteiger partial charge in [0.05, 0.1) is 6.61 Å². The molecule has 0 radical (unpaired) electrons. The third kappa shape index (κ3) is 3.98. The molecule has 1 N–H and O–H groups in total. The second kappa shape index (κ2) is 5.57. The second-order valence-electron chi connectivity index (χ2n) is 1.92. The van der Waals surface area contributed by atoms with Crippen LogP contribution < -0.4 is 0 Å². The van der Waals surface area contributed by atoms with Crippen LogP contribution in [-0.4, -0.2) is 11.7 Å². The van der Waals surface area contributed by atoms with Crippen molar-refractivity contribution in [2.24, 2.45) is 0 Å². The highest BCUT2D eigenvalue weighted by Crippen LogP contribution is 2.03. The maximum absolute atomic E-state index is 8.47. The van der Waals surface area contributed by atoms with Crippen molar-refractivity contribution >= 4 is 0 Å². The van der Waals surface area contributed by atoms with E-state index in [9.17, 15) is 0 Å². The molecule has 0 fully saturated rings. The third-order valence-electron chi connectivity index (χ3n) is 1.15. The van der Waals surface area contributed by atoms with Gasteiger partial charge in [-0.25, -0.2) is 0 Å². The molecular weight excluding hydrogens is 112 g/mol. The number of hydrogen-bond donors (Lipinski definition) is 1. The smallest absolute Gasteiger partial charge is 0.0618 e. The van der Waals surface area contributed by atoms with E-state index in [0.717, 1.165) is 18.4 Å². The summed E-state index contributed by atoms with van der Waals surface area (Å²) in [6.45, 7) is 5.85. The van der Waals surface area contributed by atoms with E-state index in [-0.39, 0.29) is 6.61 Å². The fraction of sp³-hybridized carbons (Fsp3) is 0.500. The highest BCUT2D eigenvalue weighted by molar-refractivity contribution is 5.15. The average molecular weight is 126 g/mol. The van der Waals surface area contributed by atoms with Crippen LogP contribution in [0.4, 0.5) is 0 Å². The molecule has 0 aromatic heterocycles. The lowest BCUT2D eigenvalue weighted by atomic mass is 10.1. The Hall–Kier alpha value is -0.560. The first-order chi connectivity index (χ1) is 4.35. The van der Waals surface area contributed by atoms with Crippen LogP contribution in [-0.2, 0) is 0 Å². The van der Waals surface area contributed by atoms with E-state index >= 15 is 0 Å². The minimum atomic E-state index is 0.126. The molecule has 0 amide bonds. The quantitative estimate of drug-likeness (QED) is 0.570. The Kier molecular flexibility index (Phi) is 5.23. The van der Waals surface area contributed by atoms with Gasteiger partial charge in [-0.05, 0) is 6.42 Å². The van der Waals surface area contributed by atoms with Crippen LogP contribution in [0.3, 0.4) is 0 Å². The summed E-state index contributed by atoms with van der Waals surface area (Å²) in [5.41, 5.74) is 1.14. The summed E-state index contributed by atoms with van der Waals surface area (Å²) in [6, 6.07) is 0. The monoisotopic (exact) mass is 126 g/mol. The van der Waals surface area contributed by atoms with Crippen molar-refractivity contribution < 1.29 is 5.11 Å². The molecule has 0 rings (SSSR count). The van der Waals surface area contributed by atoms with Crippen molar-refractivity contribution in [3.63, 3.8) is 0 Å². The van der Waals surface area contributed by atoms with Gasteiger partial charge in [0.25, 0.3) is 0 Å². The Morgan fingerprint density at radius 2 is 2.33 bits per heavy atom. The summed E-state index contributed by atoms with van der Waals surface area (Å²) in [5, 5.41) is 8.47. The van der Waals surface area contributed by atoms with Gasteiger partial charge < -0.3 is 5.11 Å². The molecule has 1 heteroatoms.